The van der Waals surface area contributed by atoms with Gasteiger partial charge >= 0.3 is 0 Å². The zero-order valence-electron chi connectivity index (χ0n) is 16.8. The Bertz CT molecular complexity index is 957. The van der Waals surface area contributed by atoms with Gasteiger partial charge in [0.25, 0.3) is 16.1 Å². The van der Waals surface area contributed by atoms with Crippen molar-refractivity contribution in [2.75, 3.05) is 46.4 Å². The van der Waals surface area contributed by atoms with Crippen molar-refractivity contribution in [3.05, 3.63) is 29.5 Å². The molecule has 9 heteroatoms. The number of amides is 1. The molecule has 0 saturated carbocycles. The number of carbonyl (C=O) groups excluding carboxylic acids is 1. The third kappa shape index (κ3) is 3.61. The van der Waals surface area contributed by atoms with Gasteiger partial charge in [0.05, 0.1) is 7.11 Å². The van der Waals surface area contributed by atoms with E-state index in [1.165, 1.54) is 8.61 Å². The number of aryl methyl sites for hydroxylation is 1. The molecule has 2 aromatic rings. The highest BCUT2D eigenvalue weighted by molar-refractivity contribution is 7.86. The highest BCUT2D eigenvalue weighted by atomic mass is 32.2. The average molecular weight is 410 g/mol. The Morgan fingerprint density at radius 2 is 1.82 bits per heavy atom. The van der Waals surface area contributed by atoms with E-state index in [2.05, 4.69) is 0 Å². The molecular weight excluding hydrogens is 382 g/mol. The second kappa shape index (κ2) is 8.10. The van der Waals surface area contributed by atoms with Crippen molar-refractivity contribution in [2.45, 2.75) is 20.8 Å². The smallest absolute Gasteiger partial charge is 0.289 e. The molecule has 1 fully saturated rings. The predicted octanol–water partition coefficient (Wildman–Crippen LogP) is 2.09. The second-order valence-electron chi connectivity index (χ2n) is 6.70. The number of benzene rings is 1. The van der Waals surface area contributed by atoms with Crippen molar-refractivity contribution < 1.29 is 22.4 Å². The van der Waals surface area contributed by atoms with Gasteiger partial charge in [0.2, 0.25) is 0 Å². The first-order valence-electron chi connectivity index (χ1n) is 9.45. The van der Waals surface area contributed by atoms with E-state index in [0.29, 0.717) is 43.3 Å². The number of piperazine rings is 1. The lowest BCUT2D eigenvalue weighted by Crippen LogP contribution is -2.54. The lowest BCUT2D eigenvalue weighted by atomic mass is 10.1. The molecule has 1 amide bonds. The van der Waals surface area contributed by atoms with Gasteiger partial charge in [0.1, 0.15) is 11.3 Å². The fourth-order valence-electron chi connectivity index (χ4n) is 3.51. The molecule has 8 nitrogen and oxygen atoms in total. The number of hydrogen-bond acceptors (Lipinski definition) is 5. The number of hydrogen-bond donors (Lipinski definition) is 0. The van der Waals surface area contributed by atoms with Crippen LogP contribution in [0.2, 0.25) is 0 Å². The first-order chi connectivity index (χ1) is 13.3. The molecule has 0 unspecified atom stereocenters. The van der Waals surface area contributed by atoms with Crippen molar-refractivity contribution in [3.63, 3.8) is 0 Å². The summed E-state index contributed by atoms with van der Waals surface area (Å²) in [6.07, 6.45) is 0. The van der Waals surface area contributed by atoms with Gasteiger partial charge in [-0.3, -0.25) is 4.79 Å². The molecule has 1 aliphatic rings. The van der Waals surface area contributed by atoms with Crippen molar-refractivity contribution in [2.24, 2.45) is 0 Å². The van der Waals surface area contributed by atoms with Crippen LogP contribution in [0.15, 0.2) is 22.6 Å². The Morgan fingerprint density at radius 3 is 2.39 bits per heavy atom. The van der Waals surface area contributed by atoms with E-state index in [0.717, 1.165) is 10.9 Å². The third-order valence-electron chi connectivity index (χ3n) is 5.22. The standard InChI is InChI=1S/C19H27N3O5S/c1-5-21(6-2)28(24,25)22-11-9-20(10-12-22)19(23)18-14(3)16-13-15(26-4)7-8-17(16)27-18/h7-8,13H,5-6,9-12H2,1-4H3. The largest absolute Gasteiger partial charge is 0.497 e. The van der Waals surface area contributed by atoms with Crippen molar-refractivity contribution >= 4 is 27.1 Å². The first kappa shape index (κ1) is 20.6. The molecule has 154 valence electrons. The van der Waals surface area contributed by atoms with E-state index >= 15 is 0 Å². The van der Waals surface area contributed by atoms with E-state index in [1.807, 2.05) is 26.8 Å². The maximum Gasteiger partial charge on any atom is 0.289 e. The van der Waals surface area contributed by atoms with E-state index in [-0.39, 0.29) is 19.0 Å². The van der Waals surface area contributed by atoms with Gasteiger partial charge in [0, 0.05) is 50.2 Å². The summed E-state index contributed by atoms with van der Waals surface area (Å²) in [5, 5.41) is 0.838. The van der Waals surface area contributed by atoms with Crippen LogP contribution in [0.4, 0.5) is 0 Å². The Hall–Kier alpha value is -2.10. The first-order valence-corrected chi connectivity index (χ1v) is 10.8. The van der Waals surface area contributed by atoms with Crippen LogP contribution >= 0.6 is 0 Å². The molecule has 1 aliphatic heterocycles. The molecule has 0 N–H and O–H groups in total. The maximum absolute atomic E-state index is 13.0. The molecule has 28 heavy (non-hydrogen) atoms. The van der Waals surface area contributed by atoms with E-state index in [4.69, 9.17) is 9.15 Å². The third-order valence-corrected chi connectivity index (χ3v) is 7.41. The topological polar surface area (TPSA) is 83.3 Å². The molecular formula is C19H27N3O5S. The van der Waals surface area contributed by atoms with E-state index in [9.17, 15) is 13.2 Å². The summed E-state index contributed by atoms with van der Waals surface area (Å²) in [5.74, 6) is 0.779. The average Bonchev–Trinajstić information content (AvgIpc) is 3.04. The van der Waals surface area contributed by atoms with Crippen LogP contribution in [0.25, 0.3) is 11.0 Å². The summed E-state index contributed by atoms with van der Waals surface area (Å²) in [6.45, 7) is 7.56. The molecule has 0 bridgehead atoms. The molecule has 1 aromatic carbocycles. The van der Waals surface area contributed by atoms with Gasteiger partial charge in [-0.2, -0.15) is 17.0 Å². The van der Waals surface area contributed by atoms with Crippen LogP contribution < -0.4 is 4.74 Å². The number of nitrogens with zero attached hydrogens (tertiary/aromatic N) is 3. The SMILES string of the molecule is CCN(CC)S(=O)(=O)N1CCN(C(=O)c2oc3ccc(OC)cc3c2C)CC1. The summed E-state index contributed by atoms with van der Waals surface area (Å²) in [5.41, 5.74) is 1.39. The number of methoxy groups -OCH3 is 1. The Kier molecular flexibility index (Phi) is 5.97. The molecule has 1 aromatic heterocycles. The monoisotopic (exact) mass is 409 g/mol. The predicted molar refractivity (Wildman–Crippen MR) is 107 cm³/mol. The lowest BCUT2D eigenvalue weighted by molar-refractivity contribution is 0.0663. The quantitative estimate of drug-likeness (QED) is 0.730. The Morgan fingerprint density at radius 1 is 1.18 bits per heavy atom. The lowest BCUT2D eigenvalue weighted by Gasteiger charge is -2.36. The van der Waals surface area contributed by atoms with Gasteiger partial charge in [0.15, 0.2) is 5.76 Å². The highest BCUT2D eigenvalue weighted by Gasteiger charge is 2.33. The number of rotatable bonds is 6. The van der Waals surface area contributed by atoms with Gasteiger partial charge in [-0.15, -0.1) is 0 Å². The summed E-state index contributed by atoms with van der Waals surface area (Å²) in [4.78, 5) is 14.6. The summed E-state index contributed by atoms with van der Waals surface area (Å²) < 4.78 is 39.2. The molecule has 0 aliphatic carbocycles. The molecule has 3 rings (SSSR count). The van der Waals surface area contributed by atoms with Crippen LogP contribution in [-0.4, -0.2) is 74.2 Å². The fourth-order valence-corrected chi connectivity index (χ4v) is 5.11. The zero-order chi connectivity index (χ0) is 20.5. The minimum absolute atomic E-state index is 0.215. The molecule has 0 radical (unpaired) electrons. The molecule has 1 saturated heterocycles. The summed E-state index contributed by atoms with van der Waals surface area (Å²) in [7, 11) is -1.89. The van der Waals surface area contributed by atoms with Crippen LogP contribution in [0.1, 0.15) is 30.0 Å². The van der Waals surface area contributed by atoms with Gasteiger partial charge in [-0.05, 0) is 25.1 Å². The van der Waals surface area contributed by atoms with Crippen LogP contribution in [0.5, 0.6) is 5.75 Å². The second-order valence-corrected chi connectivity index (χ2v) is 8.63. The minimum Gasteiger partial charge on any atom is -0.497 e. The summed E-state index contributed by atoms with van der Waals surface area (Å²) in [6, 6.07) is 5.42. The van der Waals surface area contributed by atoms with Crippen LogP contribution in [0, 0.1) is 6.92 Å². The number of fused-ring (bicyclic) bond motifs is 1. The van der Waals surface area contributed by atoms with Gasteiger partial charge in [-0.25, -0.2) is 0 Å². The maximum atomic E-state index is 13.0. The molecule has 0 spiro atoms. The van der Waals surface area contributed by atoms with Crippen molar-refractivity contribution in [3.8, 4) is 5.75 Å². The number of furan rings is 1. The number of ether oxygens (including phenoxy) is 1. The normalized spacial score (nSPS) is 16.1. The number of carbonyl (C=O) groups is 1. The van der Waals surface area contributed by atoms with Gasteiger partial charge in [-0.1, -0.05) is 13.8 Å². The van der Waals surface area contributed by atoms with E-state index in [1.54, 1.807) is 24.1 Å². The Balaban J connectivity index is 1.75. The highest BCUT2D eigenvalue weighted by Crippen LogP contribution is 2.29. The minimum atomic E-state index is -3.48. The van der Waals surface area contributed by atoms with Crippen LogP contribution in [-0.2, 0) is 10.2 Å². The van der Waals surface area contributed by atoms with Crippen molar-refractivity contribution in [1.29, 1.82) is 0 Å². The molecule has 0 atom stereocenters. The molecule has 2 heterocycles. The van der Waals surface area contributed by atoms with Crippen molar-refractivity contribution in [1.82, 2.24) is 13.5 Å². The van der Waals surface area contributed by atoms with Crippen LogP contribution in [0.3, 0.4) is 0 Å². The summed E-state index contributed by atoms with van der Waals surface area (Å²) >= 11 is 0. The van der Waals surface area contributed by atoms with E-state index < -0.39 is 10.2 Å². The van der Waals surface area contributed by atoms with Gasteiger partial charge < -0.3 is 14.1 Å². The fraction of sp³-hybridized carbons (Fsp3) is 0.526. The zero-order valence-corrected chi connectivity index (χ0v) is 17.6. The Labute approximate surface area is 165 Å².